The molecule has 1 aliphatic carbocycles. The normalized spacial score (nSPS) is 16.9. The van der Waals surface area contributed by atoms with E-state index in [1.54, 1.807) is 19.5 Å². The highest BCUT2D eigenvalue weighted by atomic mass is 15.3. The van der Waals surface area contributed by atoms with E-state index in [0.29, 0.717) is 11.8 Å². The molecule has 174 valence electrons. The number of piperazine rings is 1. The van der Waals surface area contributed by atoms with Crippen molar-refractivity contribution in [1.29, 1.82) is 0 Å². The van der Waals surface area contributed by atoms with Crippen LogP contribution in [0.15, 0.2) is 52.9 Å². The minimum absolute atomic E-state index is 0.494. The standard InChI is InChI=1S/C25H29N9/c1-26-14-19(15-27-2)22-13-21-17-30-25(32-34(21)24(22)18-5-3-4-6-18)31-23-8-7-20(16-29-23)33-11-9-28-10-12-33/h5,7-8,13-17,28H,1,3-4,6,9-12H2,2H3,(H,29,31,32)/b19-14+,27-15-. The molecule has 3 aromatic rings. The molecule has 0 radical (unpaired) electrons. The molecular formula is C25H29N9. The second-order valence-electron chi connectivity index (χ2n) is 8.36. The lowest BCUT2D eigenvalue weighted by molar-refractivity contribution is 0.589. The van der Waals surface area contributed by atoms with Crippen LogP contribution >= 0.6 is 0 Å². The molecule has 1 fully saturated rings. The van der Waals surface area contributed by atoms with E-state index in [4.69, 9.17) is 5.10 Å². The first-order valence-corrected chi connectivity index (χ1v) is 11.6. The van der Waals surface area contributed by atoms with Gasteiger partial charge in [0.05, 0.1) is 29.3 Å². The number of hydrogen-bond acceptors (Lipinski definition) is 8. The van der Waals surface area contributed by atoms with Crippen molar-refractivity contribution in [1.82, 2.24) is 24.9 Å². The van der Waals surface area contributed by atoms with Gasteiger partial charge in [-0.15, -0.1) is 5.10 Å². The zero-order valence-corrected chi connectivity index (χ0v) is 19.4. The van der Waals surface area contributed by atoms with Crippen LogP contribution in [-0.2, 0) is 0 Å². The third-order valence-electron chi connectivity index (χ3n) is 6.14. The largest absolute Gasteiger partial charge is 0.368 e. The zero-order chi connectivity index (χ0) is 23.3. The maximum Gasteiger partial charge on any atom is 0.246 e. The van der Waals surface area contributed by atoms with E-state index < -0.39 is 0 Å². The van der Waals surface area contributed by atoms with Gasteiger partial charge in [0.2, 0.25) is 5.95 Å². The van der Waals surface area contributed by atoms with E-state index in [-0.39, 0.29) is 0 Å². The van der Waals surface area contributed by atoms with Crippen molar-refractivity contribution in [2.24, 2.45) is 9.98 Å². The van der Waals surface area contributed by atoms with E-state index >= 15 is 0 Å². The lowest BCUT2D eigenvalue weighted by Crippen LogP contribution is -2.43. The Morgan fingerprint density at radius 2 is 2.09 bits per heavy atom. The van der Waals surface area contributed by atoms with Crippen LogP contribution in [0.3, 0.4) is 0 Å². The first kappa shape index (κ1) is 22.0. The fourth-order valence-electron chi connectivity index (χ4n) is 4.53. The van der Waals surface area contributed by atoms with Crippen molar-refractivity contribution in [3.63, 3.8) is 0 Å². The summed E-state index contributed by atoms with van der Waals surface area (Å²) in [7, 11) is 1.75. The van der Waals surface area contributed by atoms with Crippen molar-refractivity contribution in [3.8, 4) is 0 Å². The molecule has 0 spiro atoms. The molecule has 4 heterocycles. The SMILES string of the molecule is C=N/C=C(\C=N/C)c1cc2cnc(Nc3ccc(N4CCNCC4)cn3)nn2c1C1=CCCC1. The Balaban J connectivity index is 1.48. The molecule has 1 saturated heterocycles. The fourth-order valence-corrected chi connectivity index (χ4v) is 4.53. The Bertz CT molecular complexity index is 1260. The molecule has 2 N–H and O–H groups in total. The van der Waals surface area contributed by atoms with Crippen molar-refractivity contribution in [3.05, 3.63) is 54.1 Å². The Labute approximate surface area is 199 Å². The number of pyridine rings is 1. The van der Waals surface area contributed by atoms with Crippen LogP contribution in [0.4, 0.5) is 17.5 Å². The van der Waals surface area contributed by atoms with Crippen molar-refractivity contribution < 1.29 is 0 Å². The van der Waals surface area contributed by atoms with Crippen LogP contribution in [0.25, 0.3) is 16.7 Å². The molecule has 0 amide bonds. The molecule has 0 unspecified atom stereocenters. The predicted octanol–water partition coefficient (Wildman–Crippen LogP) is 3.59. The van der Waals surface area contributed by atoms with E-state index in [0.717, 1.165) is 73.5 Å². The van der Waals surface area contributed by atoms with Crippen LogP contribution in [0.5, 0.6) is 0 Å². The summed E-state index contributed by atoms with van der Waals surface area (Å²) in [5.74, 6) is 1.20. The van der Waals surface area contributed by atoms with Gasteiger partial charge >= 0.3 is 0 Å². The molecule has 0 aromatic carbocycles. The molecule has 5 rings (SSSR count). The van der Waals surface area contributed by atoms with Gasteiger partial charge in [-0.1, -0.05) is 6.08 Å². The third kappa shape index (κ3) is 4.47. The van der Waals surface area contributed by atoms with Crippen LogP contribution in [0.2, 0.25) is 0 Å². The average Bonchev–Trinajstić information content (AvgIpc) is 3.52. The summed E-state index contributed by atoms with van der Waals surface area (Å²) in [5, 5.41) is 11.5. The zero-order valence-electron chi connectivity index (χ0n) is 19.4. The maximum absolute atomic E-state index is 4.83. The van der Waals surface area contributed by atoms with Crippen LogP contribution in [0.1, 0.15) is 30.5 Å². The highest BCUT2D eigenvalue weighted by Gasteiger charge is 2.20. The average molecular weight is 456 g/mol. The van der Waals surface area contributed by atoms with Crippen LogP contribution in [-0.4, -0.2) is 65.7 Å². The quantitative estimate of drug-likeness (QED) is 0.529. The smallest absolute Gasteiger partial charge is 0.246 e. The molecule has 9 heteroatoms. The van der Waals surface area contributed by atoms with Crippen LogP contribution < -0.4 is 15.5 Å². The van der Waals surface area contributed by atoms with Gasteiger partial charge in [0.15, 0.2) is 0 Å². The molecule has 2 aliphatic rings. The summed E-state index contributed by atoms with van der Waals surface area (Å²) in [6, 6.07) is 6.14. The summed E-state index contributed by atoms with van der Waals surface area (Å²) < 4.78 is 1.96. The highest BCUT2D eigenvalue weighted by molar-refractivity contribution is 6.12. The Hall–Kier alpha value is -3.85. The molecule has 3 aromatic heterocycles. The van der Waals surface area contributed by atoms with Gasteiger partial charge in [0.1, 0.15) is 5.82 Å². The van der Waals surface area contributed by atoms with E-state index in [1.807, 2.05) is 23.0 Å². The van der Waals surface area contributed by atoms with Gasteiger partial charge in [-0.3, -0.25) is 9.98 Å². The first-order valence-electron chi connectivity index (χ1n) is 11.6. The summed E-state index contributed by atoms with van der Waals surface area (Å²) in [6.07, 6.45) is 12.8. The fraction of sp³-hybridized carbons (Fsp3) is 0.320. The number of nitrogens with zero attached hydrogens (tertiary/aromatic N) is 7. The Morgan fingerprint density at radius 1 is 1.21 bits per heavy atom. The third-order valence-corrected chi connectivity index (χ3v) is 6.14. The number of anilines is 3. The molecule has 0 saturated carbocycles. The van der Waals surface area contributed by atoms with Gasteiger partial charge in [-0.2, -0.15) is 0 Å². The first-order chi connectivity index (χ1) is 16.8. The van der Waals surface area contributed by atoms with Gasteiger partial charge < -0.3 is 15.5 Å². The van der Waals surface area contributed by atoms with Gasteiger partial charge in [0.25, 0.3) is 0 Å². The van der Waals surface area contributed by atoms with Crippen LogP contribution in [0, 0.1) is 0 Å². The minimum atomic E-state index is 0.494. The Morgan fingerprint density at radius 3 is 2.79 bits per heavy atom. The summed E-state index contributed by atoms with van der Waals surface area (Å²) in [4.78, 5) is 19.7. The summed E-state index contributed by atoms with van der Waals surface area (Å²) in [6.45, 7) is 7.60. The maximum atomic E-state index is 4.83. The van der Waals surface area contributed by atoms with Crippen molar-refractivity contribution >= 4 is 47.0 Å². The van der Waals surface area contributed by atoms with Gasteiger partial charge in [-0.05, 0) is 49.8 Å². The second kappa shape index (κ2) is 9.96. The topological polar surface area (TPSA) is 95.1 Å². The van der Waals surface area contributed by atoms with E-state index in [1.165, 1.54) is 5.57 Å². The van der Waals surface area contributed by atoms with Crippen molar-refractivity contribution in [2.75, 3.05) is 43.4 Å². The van der Waals surface area contributed by atoms with Gasteiger partial charge in [-0.25, -0.2) is 14.5 Å². The number of allylic oxidation sites excluding steroid dienone is 3. The van der Waals surface area contributed by atoms with Gasteiger partial charge in [0, 0.05) is 56.8 Å². The predicted molar refractivity (Wildman–Crippen MR) is 139 cm³/mol. The second-order valence-corrected chi connectivity index (χ2v) is 8.36. The number of aliphatic imine (C=N–C) groups is 2. The minimum Gasteiger partial charge on any atom is -0.368 e. The number of hydrogen-bond donors (Lipinski definition) is 2. The number of nitrogens with one attached hydrogen (secondary N) is 2. The monoisotopic (exact) mass is 455 g/mol. The number of rotatable bonds is 7. The number of fused-ring (bicyclic) bond motifs is 1. The van der Waals surface area contributed by atoms with E-state index in [9.17, 15) is 0 Å². The summed E-state index contributed by atoms with van der Waals surface area (Å²) >= 11 is 0. The molecule has 9 nitrogen and oxygen atoms in total. The summed E-state index contributed by atoms with van der Waals surface area (Å²) in [5.41, 5.74) is 6.28. The molecule has 0 bridgehead atoms. The highest BCUT2D eigenvalue weighted by Crippen LogP contribution is 2.34. The number of aromatic nitrogens is 4. The molecular weight excluding hydrogens is 426 g/mol. The molecule has 0 atom stereocenters. The molecule has 1 aliphatic heterocycles. The Kier molecular flexibility index (Phi) is 6.44. The lowest BCUT2D eigenvalue weighted by atomic mass is 10.0. The molecule has 34 heavy (non-hydrogen) atoms. The lowest BCUT2D eigenvalue weighted by Gasteiger charge is -2.29. The van der Waals surface area contributed by atoms with E-state index in [2.05, 4.69) is 60.4 Å². The van der Waals surface area contributed by atoms with Crippen molar-refractivity contribution in [2.45, 2.75) is 19.3 Å².